The molecule has 0 saturated carbocycles. The molecule has 3 heteroatoms. The summed E-state index contributed by atoms with van der Waals surface area (Å²) >= 11 is 3.28. The van der Waals surface area contributed by atoms with Gasteiger partial charge in [-0.2, -0.15) is 0 Å². The van der Waals surface area contributed by atoms with Gasteiger partial charge in [0, 0.05) is 12.3 Å². The molecule has 0 amide bonds. The lowest BCUT2D eigenvalue weighted by Crippen LogP contribution is -1.92. The lowest BCUT2D eigenvalue weighted by atomic mass is 10.2. The monoisotopic (exact) mass is 245 g/mol. The number of nitrogens with zero attached hydrogens (tertiary/aromatic N) is 1. The van der Waals surface area contributed by atoms with E-state index in [4.69, 9.17) is 5.11 Å². The molecule has 0 unspecified atom stereocenters. The maximum atomic E-state index is 8.56. The molecule has 0 aliphatic rings. The minimum absolute atomic E-state index is 0.230. The highest BCUT2D eigenvalue weighted by atomic mass is 79.9. The molecule has 0 radical (unpaired) electrons. The van der Waals surface area contributed by atoms with E-state index >= 15 is 0 Å². The van der Waals surface area contributed by atoms with Crippen LogP contribution in [0.25, 0.3) is 0 Å². The summed E-state index contributed by atoms with van der Waals surface area (Å²) in [4.78, 5) is 4.22. The van der Waals surface area contributed by atoms with Gasteiger partial charge in [0.1, 0.15) is 4.60 Å². The molecule has 1 aromatic rings. The minimum Gasteiger partial charge on any atom is -0.396 e. The zero-order valence-corrected chi connectivity index (χ0v) is 9.71. The number of aliphatic hydroxyl groups is 1. The Kier molecular flexibility index (Phi) is 7.94. The molecule has 0 saturated heterocycles. The largest absolute Gasteiger partial charge is 0.396 e. The Balaban J connectivity index is 0.000000671. The predicted octanol–water partition coefficient (Wildman–Crippen LogP) is 2.80. The first-order valence-electron chi connectivity index (χ1n) is 4.55. The molecular formula is C10H16BrNO. The molecule has 0 aromatic carbocycles. The number of aryl methyl sites for hydroxylation is 1. The molecule has 1 heterocycles. The van der Waals surface area contributed by atoms with Crippen LogP contribution in [-0.2, 0) is 6.42 Å². The molecule has 0 bridgehead atoms. The van der Waals surface area contributed by atoms with Crippen molar-refractivity contribution in [2.24, 2.45) is 0 Å². The van der Waals surface area contributed by atoms with Gasteiger partial charge in [0.05, 0.1) is 0 Å². The van der Waals surface area contributed by atoms with Gasteiger partial charge in [0.15, 0.2) is 0 Å². The van der Waals surface area contributed by atoms with Crippen LogP contribution < -0.4 is 0 Å². The van der Waals surface area contributed by atoms with Gasteiger partial charge in [-0.05, 0) is 40.9 Å². The SMILES string of the molecule is CC.OCCCc1cccc(Br)n1. The Morgan fingerprint density at radius 2 is 2.08 bits per heavy atom. The fraction of sp³-hybridized carbons (Fsp3) is 0.500. The van der Waals surface area contributed by atoms with Gasteiger partial charge in [-0.15, -0.1) is 0 Å². The summed E-state index contributed by atoms with van der Waals surface area (Å²) in [5, 5.41) is 8.56. The van der Waals surface area contributed by atoms with Crippen molar-refractivity contribution in [3.8, 4) is 0 Å². The van der Waals surface area contributed by atoms with Crippen LogP contribution >= 0.6 is 15.9 Å². The first-order chi connectivity index (χ1) is 6.33. The van der Waals surface area contributed by atoms with Crippen LogP contribution in [0, 0.1) is 0 Å². The molecule has 13 heavy (non-hydrogen) atoms. The van der Waals surface area contributed by atoms with E-state index in [2.05, 4.69) is 20.9 Å². The lowest BCUT2D eigenvalue weighted by molar-refractivity contribution is 0.288. The quantitative estimate of drug-likeness (QED) is 0.832. The van der Waals surface area contributed by atoms with Gasteiger partial charge in [0.25, 0.3) is 0 Å². The summed E-state index contributed by atoms with van der Waals surface area (Å²) < 4.78 is 0.855. The molecule has 0 atom stereocenters. The average Bonchev–Trinajstić information content (AvgIpc) is 2.18. The summed E-state index contributed by atoms with van der Waals surface area (Å²) in [5.74, 6) is 0. The van der Waals surface area contributed by atoms with Gasteiger partial charge in [-0.25, -0.2) is 4.98 Å². The summed E-state index contributed by atoms with van der Waals surface area (Å²) in [6.45, 7) is 4.23. The van der Waals surface area contributed by atoms with E-state index in [0.29, 0.717) is 0 Å². The van der Waals surface area contributed by atoms with Crippen LogP contribution in [-0.4, -0.2) is 16.7 Å². The first kappa shape index (κ1) is 12.6. The minimum atomic E-state index is 0.230. The maximum absolute atomic E-state index is 8.56. The number of halogens is 1. The Morgan fingerprint density at radius 1 is 1.38 bits per heavy atom. The van der Waals surface area contributed by atoms with E-state index in [0.717, 1.165) is 23.1 Å². The van der Waals surface area contributed by atoms with Crippen molar-refractivity contribution in [3.63, 3.8) is 0 Å². The summed E-state index contributed by atoms with van der Waals surface area (Å²) in [5.41, 5.74) is 1.02. The van der Waals surface area contributed by atoms with E-state index in [1.165, 1.54) is 0 Å². The van der Waals surface area contributed by atoms with Crippen LogP contribution in [0.1, 0.15) is 26.0 Å². The van der Waals surface area contributed by atoms with E-state index < -0.39 is 0 Å². The Hall–Kier alpha value is -0.410. The third-order valence-corrected chi connectivity index (χ3v) is 1.81. The zero-order valence-electron chi connectivity index (χ0n) is 8.13. The van der Waals surface area contributed by atoms with Gasteiger partial charge in [-0.1, -0.05) is 19.9 Å². The molecule has 0 fully saturated rings. The molecule has 1 aromatic heterocycles. The lowest BCUT2D eigenvalue weighted by Gasteiger charge is -1.97. The van der Waals surface area contributed by atoms with E-state index in [9.17, 15) is 0 Å². The number of hydrogen-bond acceptors (Lipinski definition) is 2. The second kappa shape index (κ2) is 8.20. The van der Waals surface area contributed by atoms with Crippen molar-refractivity contribution in [1.29, 1.82) is 0 Å². The molecule has 0 aliphatic heterocycles. The molecule has 2 nitrogen and oxygen atoms in total. The van der Waals surface area contributed by atoms with Crippen molar-refractivity contribution < 1.29 is 5.11 Å². The van der Waals surface area contributed by atoms with E-state index in [-0.39, 0.29) is 6.61 Å². The normalized spacial score (nSPS) is 8.92. The molecule has 0 spiro atoms. The van der Waals surface area contributed by atoms with Gasteiger partial charge >= 0.3 is 0 Å². The standard InChI is InChI=1S/C8H10BrNO.C2H6/c9-8-5-1-3-7(10-8)4-2-6-11;1-2/h1,3,5,11H,2,4,6H2;1-2H3. The second-order valence-electron chi connectivity index (χ2n) is 2.28. The van der Waals surface area contributed by atoms with Crippen molar-refractivity contribution >= 4 is 15.9 Å². The van der Waals surface area contributed by atoms with Crippen LogP contribution in [0.5, 0.6) is 0 Å². The van der Waals surface area contributed by atoms with Crippen molar-refractivity contribution in [1.82, 2.24) is 4.98 Å². The predicted molar refractivity (Wildman–Crippen MR) is 58.7 cm³/mol. The van der Waals surface area contributed by atoms with Crippen LogP contribution in [0.15, 0.2) is 22.8 Å². The fourth-order valence-electron chi connectivity index (χ4n) is 0.850. The molecule has 0 aliphatic carbocycles. The highest BCUT2D eigenvalue weighted by molar-refractivity contribution is 9.10. The number of pyridine rings is 1. The highest BCUT2D eigenvalue weighted by Crippen LogP contribution is 2.07. The van der Waals surface area contributed by atoms with Crippen LogP contribution in [0.2, 0.25) is 0 Å². The zero-order chi connectivity index (χ0) is 10.1. The molecular weight excluding hydrogens is 230 g/mol. The highest BCUT2D eigenvalue weighted by Gasteiger charge is 1.93. The second-order valence-corrected chi connectivity index (χ2v) is 3.09. The maximum Gasteiger partial charge on any atom is 0.106 e. The van der Waals surface area contributed by atoms with Gasteiger partial charge < -0.3 is 5.11 Å². The van der Waals surface area contributed by atoms with Crippen LogP contribution in [0.3, 0.4) is 0 Å². The number of rotatable bonds is 3. The average molecular weight is 246 g/mol. The molecule has 74 valence electrons. The number of hydrogen-bond donors (Lipinski definition) is 1. The van der Waals surface area contributed by atoms with Gasteiger partial charge in [-0.3, -0.25) is 0 Å². The third kappa shape index (κ3) is 5.77. The van der Waals surface area contributed by atoms with Crippen molar-refractivity contribution in [3.05, 3.63) is 28.5 Å². The number of aromatic nitrogens is 1. The first-order valence-corrected chi connectivity index (χ1v) is 5.34. The van der Waals surface area contributed by atoms with Crippen LogP contribution in [0.4, 0.5) is 0 Å². The summed E-state index contributed by atoms with van der Waals surface area (Å²) in [6.07, 6.45) is 1.62. The van der Waals surface area contributed by atoms with Gasteiger partial charge in [0.2, 0.25) is 0 Å². The smallest absolute Gasteiger partial charge is 0.106 e. The molecule has 1 N–H and O–H groups in total. The summed E-state index contributed by atoms with van der Waals surface area (Å²) in [7, 11) is 0. The summed E-state index contributed by atoms with van der Waals surface area (Å²) in [6, 6.07) is 5.80. The molecule has 1 rings (SSSR count). The Bertz CT molecular complexity index is 228. The Labute approximate surface area is 88.1 Å². The topological polar surface area (TPSA) is 33.1 Å². The third-order valence-electron chi connectivity index (χ3n) is 1.36. The fourth-order valence-corrected chi connectivity index (χ4v) is 1.23. The van der Waals surface area contributed by atoms with E-state index in [1.54, 1.807) is 0 Å². The Morgan fingerprint density at radius 3 is 2.62 bits per heavy atom. The van der Waals surface area contributed by atoms with E-state index in [1.807, 2.05) is 32.0 Å². The van der Waals surface area contributed by atoms with Crippen molar-refractivity contribution in [2.45, 2.75) is 26.7 Å². The van der Waals surface area contributed by atoms with Crippen molar-refractivity contribution in [2.75, 3.05) is 6.61 Å². The number of aliphatic hydroxyl groups excluding tert-OH is 1.